The van der Waals surface area contributed by atoms with E-state index in [0.717, 1.165) is 32.5 Å². The smallest absolute Gasteiger partial charge is 0.437 e. The Morgan fingerprint density at radius 2 is 1.96 bits per heavy atom. The number of hydrogen-bond donors (Lipinski definition) is 1. The molecule has 2 aromatic rings. The van der Waals surface area contributed by atoms with Gasteiger partial charge < -0.3 is 24.5 Å². The third-order valence-corrected chi connectivity index (χ3v) is 5.64. The van der Waals surface area contributed by atoms with E-state index in [1.807, 2.05) is 0 Å². The van der Waals surface area contributed by atoms with Gasteiger partial charge in [0.1, 0.15) is 13.2 Å². The van der Waals surface area contributed by atoms with Crippen LogP contribution in [0.1, 0.15) is 38.6 Å². The van der Waals surface area contributed by atoms with E-state index in [-0.39, 0.29) is 11.9 Å². The number of fused-ring (bicyclic) bond motifs is 1. The van der Waals surface area contributed by atoms with Gasteiger partial charge in [-0.05, 0) is 31.9 Å². The third kappa shape index (κ3) is 3.58. The highest BCUT2D eigenvalue weighted by Gasteiger charge is 2.28. The van der Waals surface area contributed by atoms with Crippen LogP contribution in [0.3, 0.4) is 0 Å². The lowest BCUT2D eigenvalue weighted by atomic mass is 10.1. The molecule has 1 saturated heterocycles. The van der Waals surface area contributed by atoms with Crippen LogP contribution >= 0.6 is 11.6 Å². The molecule has 2 aliphatic rings. The highest BCUT2D eigenvalue weighted by molar-refractivity contribution is 6.34. The predicted molar refractivity (Wildman–Crippen MR) is 106 cm³/mol. The topological polar surface area (TPSA) is 95.8 Å². The van der Waals surface area contributed by atoms with Crippen molar-refractivity contribution < 1.29 is 13.9 Å². The molecule has 8 nitrogen and oxygen atoms in total. The molecule has 0 amide bonds. The molecule has 1 aromatic carbocycles. The van der Waals surface area contributed by atoms with Crippen molar-refractivity contribution in [1.29, 1.82) is 0 Å². The summed E-state index contributed by atoms with van der Waals surface area (Å²) in [6.45, 7) is 5.97. The molecule has 0 spiro atoms. The zero-order valence-corrected chi connectivity index (χ0v) is 16.7. The predicted octanol–water partition coefficient (Wildman–Crippen LogP) is 2.95. The molecular weight excluding hydrogens is 384 g/mol. The first kappa shape index (κ1) is 19.1. The highest BCUT2D eigenvalue weighted by Crippen LogP contribution is 2.46. The maximum Gasteiger partial charge on any atom is 0.437 e. The Labute approximate surface area is 168 Å². The zero-order valence-electron chi connectivity index (χ0n) is 15.9. The maximum absolute atomic E-state index is 12.5. The largest absolute Gasteiger partial charge is 0.485 e. The fraction of sp³-hybridized carbons (Fsp3) is 0.579. The normalized spacial score (nSPS) is 17.8. The average Bonchev–Trinajstić information content (AvgIpc) is 3.11. The van der Waals surface area contributed by atoms with Gasteiger partial charge in [0, 0.05) is 13.1 Å². The molecule has 2 aliphatic heterocycles. The molecule has 0 atom stereocenters. The Morgan fingerprint density at radius 3 is 2.68 bits per heavy atom. The second-order valence-electron chi connectivity index (χ2n) is 7.22. The monoisotopic (exact) mass is 408 g/mol. The van der Waals surface area contributed by atoms with E-state index >= 15 is 0 Å². The van der Waals surface area contributed by atoms with Crippen molar-refractivity contribution in [2.24, 2.45) is 0 Å². The lowest BCUT2D eigenvalue weighted by Gasteiger charge is -2.31. The maximum atomic E-state index is 12.5. The van der Waals surface area contributed by atoms with Gasteiger partial charge >= 0.3 is 5.76 Å². The van der Waals surface area contributed by atoms with Crippen molar-refractivity contribution >= 4 is 17.3 Å². The Hall–Kier alpha value is -2.19. The number of halogens is 1. The Bertz CT molecular complexity index is 902. The number of hydrogen-bond acceptors (Lipinski definition) is 7. The van der Waals surface area contributed by atoms with Gasteiger partial charge in [0.05, 0.1) is 22.3 Å². The summed E-state index contributed by atoms with van der Waals surface area (Å²) in [5, 5.41) is 4.76. The third-order valence-electron chi connectivity index (χ3n) is 5.33. The van der Waals surface area contributed by atoms with Gasteiger partial charge in [-0.3, -0.25) is 0 Å². The number of nitrogens with zero attached hydrogens (tertiary/aromatic N) is 3. The van der Waals surface area contributed by atoms with Crippen molar-refractivity contribution in [3.63, 3.8) is 0 Å². The minimum absolute atomic E-state index is 0.0279. The van der Waals surface area contributed by atoms with Crippen LogP contribution in [0.2, 0.25) is 5.02 Å². The summed E-state index contributed by atoms with van der Waals surface area (Å²) in [5.41, 5.74) is 6.77. The van der Waals surface area contributed by atoms with Gasteiger partial charge in [-0.25, -0.2) is 4.79 Å². The van der Waals surface area contributed by atoms with Crippen LogP contribution in [0.15, 0.2) is 15.3 Å². The lowest BCUT2D eigenvalue weighted by molar-refractivity contribution is 0.173. The Morgan fingerprint density at radius 1 is 1.25 bits per heavy atom. The number of ether oxygens (including phenoxy) is 2. The first-order valence-corrected chi connectivity index (χ1v) is 10.2. The van der Waals surface area contributed by atoms with Crippen LogP contribution in [0.5, 0.6) is 11.5 Å². The molecule has 28 heavy (non-hydrogen) atoms. The lowest BCUT2D eigenvalue weighted by Crippen LogP contribution is -2.37. The molecule has 1 fully saturated rings. The summed E-state index contributed by atoms with van der Waals surface area (Å²) in [4.78, 5) is 14.9. The second kappa shape index (κ2) is 8.05. The number of rotatable bonds is 5. The van der Waals surface area contributed by atoms with E-state index in [9.17, 15) is 4.79 Å². The van der Waals surface area contributed by atoms with Crippen LogP contribution in [-0.2, 0) is 0 Å². The number of anilines is 1. The van der Waals surface area contributed by atoms with Gasteiger partial charge in [0.2, 0.25) is 0 Å². The SMILES string of the molecule is CCCCN1CCC(n2nc(-c3cc(Cl)c(N)c4c3OCCO4)oc2=O)CC1. The van der Waals surface area contributed by atoms with Gasteiger partial charge in [-0.15, -0.1) is 5.10 Å². The first-order valence-electron chi connectivity index (χ1n) is 9.78. The number of unbranched alkanes of at least 4 members (excludes halogenated alkanes) is 1. The van der Waals surface area contributed by atoms with Gasteiger partial charge in [0.25, 0.3) is 5.89 Å². The first-order chi connectivity index (χ1) is 13.6. The number of likely N-dealkylation sites (tertiary alicyclic amines) is 1. The van der Waals surface area contributed by atoms with Crippen LogP contribution < -0.4 is 21.0 Å². The number of piperidine rings is 1. The minimum atomic E-state index is -0.472. The van der Waals surface area contributed by atoms with E-state index in [2.05, 4.69) is 16.9 Å². The van der Waals surface area contributed by atoms with Gasteiger partial charge in [0.15, 0.2) is 11.5 Å². The molecule has 9 heteroatoms. The molecule has 0 radical (unpaired) electrons. The quantitative estimate of drug-likeness (QED) is 0.759. The molecule has 2 N–H and O–H groups in total. The molecular formula is C19H25ClN4O4. The van der Waals surface area contributed by atoms with Crippen LogP contribution in [0, 0.1) is 0 Å². The summed E-state index contributed by atoms with van der Waals surface area (Å²) in [5.74, 6) is 0.480. The van der Waals surface area contributed by atoms with Crippen molar-refractivity contribution in [2.45, 2.75) is 38.6 Å². The van der Waals surface area contributed by atoms with Crippen LogP contribution in [0.4, 0.5) is 5.69 Å². The van der Waals surface area contributed by atoms with Gasteiger partial charge in [-0.2, -0.15) is 4.68 Å². The summed E-state index contributed by atoms with van der Waals surface area (Å²) in [6, 6.07) is 1.63. The fourth-order valence-corrected chi connectivity index (χ4v) is 3.95. The van der Waals surface area contributed by atoms with Gasteiger partial charge in [-0.1, -0.05) is 24.9 Å². The van der Waals surface area contributed by atoms with Crippen molar-refractivity contribution in [3.8, 4) is 23.0 Å². The number of aromatic nitrogens is 2. The molecule has 0 saturated carbocycles. The van der Waals surface area contributed by atoms with E-state index in [4.69, 9.17) is 31.2 Å². The summed E-state index contributed by atoms with van der Waals surface area (Å²) in [7, 11) is 0. The van der Waals surface area contributed by atoms with Crippen molar-refractivity contribution in [3.05, 3.63) is 21.6 Å². The second-order valence-corrected chi connectivity index (χ2v) is 7.63. The average molecular weight is 409 g/mol. The molecule has 1 aromatic heterocycles. The molecule has 152 valence electrons. The van der Waals surface area contributed by atoms with Crippen LogP contribution in [-0.4, -0.2) is 47.5 Å². The standard InChI is InChI=1S/C19H25ClN4O4/c1-2-3-6-23-7-4-12(5-8-23)24-19(25)28-18(22-24)13-11-14(20)15(21)17-16(13)26-9-10-27-17/h11-12H,2-10,21H2,1H3. The zero-order chi connectivity index (χ0) is 19.7. The van der Waals surface area contributed by atoms with Crippen molar-refractivity contribution in [2.75, 3.05) is 38.6 Å². The van der Waals surface area contributed by atoms with Crippen LogP contribution in [0.25, 0.3) is 11.5 Å². The summed E-state index contributed by atoms with van der Waals surface area (Å²) < 4.78 is 18.2. The Balaban J connectivity index is 1.59. The molecule has 4 rings (SSSR count). The highest BCUT2D eigenvalue weighted by atomic mass is 35.5. The minimum Gasteiger partial charge on any atom is -0.485 e. The molecule has 3 heterocycles. The Kier molecular flexibility index (Phi) is 5.50. The number of nitrogen functional groups attached to an aromatic ring is 1. The molecule has 0 aliphatic carbocycles. The number of nitrogens with two attached hydrogens (primary N) is 1. The summed E-state index contributed by atoms with van der Waals surface area (Å²) >= 11 is 6.23. The van der Waals surface area contributed by atoms with E-state index in [0.29, 0.717) is 41.0 Å². The van der Waals surface area contributed by atoms with Crippen molar-refractivity contribution in [1.82, 2.24) is 14.7 Å². The van der Waals surface area contributed by atoms with E-state index in [1.54, 1.807) is 6.07 Å². The fourth-order valence-electron chi connectivity index (χ4n) is 3.75. The van der Waals surface area contributed by atoms with E-state index in [1.165, 1.54) is 17.5 Å². The molecule has 0 bridgehead atoms. The summed E-state index contributed by atoms with van der Waals surface area (Å²) in [6.07, 6.45) is 4.13. The number of benzene rings is 1. The van der Waals surface area contributed by atoms with E-state index < -0.39 is 5.76 Å². The molecule has 0 unspecified atom stereocenters.